The van der Waals surface area contributed by atoms with E-state index in [0.29, 0.717) is 24.4 Å². The van der Waals surface area contributed by atoms with E-state index in [-0.39, 0.29) is 41.2 Å². The third-order valence-corrected chi connectivity index (χ3v) is 10.8. The number of benzene rings is 3. The summed E-state index contributed by atoms with van der Waals surface area (Å²) in [6.07, 6.45) is 0.621. The molecule has 6 rings (SSSR count). The van der Waals surface area contributed by atoms with E-state index in [0.717, 1.165) is 20.9 Å². The molecule has 0 spiro atoms. The number of piperazine rings is 1. The van der Waals surface area contributed by atoms with E-state index in [9.17, 15) is 22.8 Å². The van der Waals surface area contributed by atoms with Gasteiger partial charge in [0.1, 0.15) is 6.04 Å². The summed E-state index contributed by atoms with van der Waals surface area (Å²) in [5.41, 5.74) is -0.540. The summed E-state index contributed by atoms with van der Waals surface area (Å²) >= 11 is 1.39. The Hall–Kier alpha value is -3.80. The largest absolute Gasteiger partial charge is 0.339 e. The molecule has 1 unspecified atom stereocenters. The maximum Gasteiger partial charge on any atom is 0.262 e. The topological polar surface area (TPSA) is 116 Å². The molecule has 1 aromatic heterocycles. The van der Waals surface area contributed by atoms with Crippen LogP contribution in [0.3, 0.4) is 0 Å². The van der Waals surface area contributed by atoms with E-state index in [1.807, 2.05) is 75.4 Å². The number of nitrogens with one attached hydrogen (secondary N) is 2. The van der Waals surface area contributed by atoms with E-state index in [4.69, 9.17) is 0 Å². The molecule has 11 heteroatoms. The van der Waals surface area contributed by atoms with Crippen molar-refractivity contribution >= 4 is 59.9 Å². The fraction of sp³-hybridized carbons (Fsp3) is 0.344. The zero-order valence-corrected chi connectivity index (χ0v) is 25.9. The van der Waals surface area contributed by atoms with Gasteiger partial charge < -0.3 is 15.1 Å². The van der Waals surface area contributed by atoms with Gasteiger partial charge in [0.05, 0.1) is 28.4 Å². The van der Waals surface area contributed by atoms with E-state index < -0.39 is 21.5 Å². The summed E-state index contributed by atoms with van der Waals surface area (Å²) < 4.78 is 29.3. The van der Waals surface area contributed by atoms with Crippen LogP contribution in [0.15, 0.2) is 77.7 Å². The lowest BCUT2D eigenvalue weighted by molar-refractivity contribution is -0.142. The van der Waals surface area contributed by atoms with E-state index in [1.54, 1.807) is 21.9 Å². The Morgan fingerprint density at radius 3 is 2.21 bits per heavy atom. The number of sulfonamides is 1. The van der Waals surface area contributed by atoms with Crippen molar-refractivity contribution in [2.75, 3.05) is 19.6 Å². The predicted octanol–water partition coefficient (Wildman–Crippen LogP) is 3.99. The minimum Gasteiger partial charge on any atom is -0.339 e. The molecule has 2 aliphatic rings. The van der Waals surface area contributed by atoms with Gasteiger partial charge in [0.15, 0.2) is 0 Å². The van der Waals surface area contributed by atoms with Crippen molar-refractivity contribution in [3.05, 3.63) is 77.7 Å². The van der Waals surface area contributed by atoms with E-state index in [1.165, 1.54) is 17.4 Å². The van der Waals surface area contributed by atoms with Gasteiger partial charge >= 0.3 is 0 Å². The number of carbonyl (C=O) groups excluding carboxylic acids is 3. The predicted molar refractivity (Wildman–Crippen MR) is 167 cm³/mol. The quantitative estimate of drug-likeness (QED) is 0.325. The fourth-order valence-corrected chi connectivity index (χ4v) is 8.00. The molecule has 2 fully saturated rings. The second-order valence-electron chi connectivity index (χ2n) is 12.3. The first-order valence-corrected chi connectivity index (χ1v) is 16.6. The fourth-order valence-electron chi connectivity index (χ4n) is 6.03. The Bertz CT molecular complexity index is 1810. The maximum absolute atomic E-state index is 13.8. The average Bonchev–Trinajstić information content (AvgIpc) is 3.72. The molecular formula is C32H34N4O5S2. The first-order valence-electron chi connectivity index (χ1n) is 14.3. The van der Waals surface area contributed by atoms with Gasteiger partial charge in [-0.05, 0) is 52.3 Å². The molecule has 9 nitrogen and oxygen atoms in total. The molecule has 3 atom stereocenters. The van der Waals surface area contributed by atoms with Crippen LogP contribution in [0.1, 0.15) is 36.9 Å². The van der Waals surface area contributed by atoms with Crippen molar-refractivity contribution in [3.8, 4) is 0 Å². The summed E-state index contributed by atoms with van der Waals surface area (Å²) in [5, 5.41) is 5.70. The van der Waals surface area contributed by atoms with E-state index >= 15 is 0 Å². The summed E-state index contributed by atoms with van der Waals surface area (Å²) in [6.45, 7) is 6.08. The summed E-state index contributed by atoms with van der Waals surface area (Å²) in [5.74, 6) is -0.776. The number of hydrogen-bond acceptors (Lipinski definition) is 6. The van der Waals surface area contributed by atoms with Gasteiger partial charge in [-0.15, -0.1) is 11.3 Å². The van der Waals surface area contributed by atoms with Gasteiger partial charge in [-0.25, -0.2) is 13.1 Å². The Labute approximate surface area is 254 Å². The SMILES string of the molecule is CC(C)(C)C(NC(=O)c1cc2ccccc2s1)C(=O)N1C[C@@H]2C[C@H]1CN2C(=O)CNS(=O)(=O)c1ccc2ccccc2c1. The number of rotatable bonds is 7. The van der Waals surface area contributed by atoms with Crippen LogP contribution in [0.2, 0.25) is 0 Å². The second kappa shape index (κ2) is 11.0. The molecule has 0 aliphatic carbocycles. The molecular weight excluding hydrogens is 585 g/mol. The molecule has 2 bridgehead atoms. The molecule has 2 saturated heterocycles. The van der Waals surface area contributed by atoms with Crippen LogP contribution in [0.5, 0.6) is 0 Å². The highest BCUT2D eigenvalue weighted by molar-refractivity contribution is 7.89. The van der Waals surface area contributed by atoms with Crippen molar-refractivity contribution in [2.24, 2.45) is 5.41 Å². The molecule has 3 amide bonds. The van der Waals surface area contributed by atoms with Crippen LogP contribution in [0.4, 0.5) is 0 Å². The van der Waals surface area contributed by atoms with Crippen LogP contribution < -0.4 is 10.0 Å². The number of nitrogens with zero attached hydrogens (tertiary/aromatic N) is 2. The van der Waals surface area contributed by atoms with Crippen molar-refractivity contribution < 1.29 is 22.8 Å². The van der Waals surface area contributed by atoms with Gasteiger partial charge in [-0.1, -0.05) is 69.3 Å². The number of thiophene rings is 1. The Morgan fingerprint density at radius 1 is 0.884 bits per heavy atom. The molecule has 3 aromatic carbocycles. The Kier molecular flexibility index (Phi) is 7.52. The van der Waals surface area contributed by atoms with Crippen LogP contribution in [0.25, 0.3) is 20.9 Å². The van der Waals surface area contributed by atoms with Crippen LogP contribution in [0, 0.1) is 5.41 Å². The standard InChI is InChI=1S/C32H34N4O5S2/c1-32(2,3)29(34-30(38)27-15-22-10-6-7-11-26(22)42-27)31(39)36-19-23-16-24(36)18-35(23)28(37)17-33-43(40,41)25-13-12-20-8-4-5-9-21(20)14-25/h4-15,23-24,29,33H,16-19H2,1-3H3,(H,34,38)/t23-,24-,29?/m0/s1. The number of fused-ring (bicyclic) bond motifs is 4. The zero-order chi connectivity index (χ0) is 30.5. The molecule has 0 saturated carbocycles. The zero-order valence-electron chi connectivity index (χ0n) is 24.2. The highest BCUT2D eigenvalue weighted by atomic mass is 32.2. The van der Waals surface area contributed by atoms with Gasteiger partial charge in [0, 0.05) is 17.8 Å². The monoisotopic (exact) mass is 618 g/mol. The molecule has 2 N–H and O–H groups in total. The molecule has 2 aliphatic heterocycles. The number of amides is 3. The molecule has 3 heterocycles. The smallest absolute Gasteiger partial charge is 0.262 e. The second-order valence-corrected chi connectivity index (χ2v) is 15.2. The first kappa shape index (κ1) is 29.3. The van der Waals surface area contributed by atoms with Crippen molar-refractivity contribution in [1.82, 2.24) is 19.8 Å². The van der Waals surface area contributed by atoms with Crippen molar-refractivity contribution in [1.29, 1.82) is 0 Å². The van der Waals surface area contributed by atoms with Crippen molar-refractivity contribution in [3.63, 3.8) is 0 Å². The van der Waals surface area contributed by atoms with Crippen LogP contribution in [-0.2, 0) is 19.6 Å². The van der Waals surface area contributed by atoms with Crippen LogP contribution >= 0.6 is 11.3 Å². The first-order chi connectivity index (χ1) is 20.4. The highest BCUT2D eigenvalue weighted by Crippen LogP contribution is 2.34. The molecule has 43 heavy (non-hydrogen) atoms. The third kappa shape index (κ3) is 5.76. The average molecular weight is 619 g/mol. The molecule has 4 aromatic rings. The number of likely N-dealkylation sites (tertiary alicyclic amines) is 2. The van der Waals surface area contributed by atoms with Crippen LogP contribution in [-0.4, -0.2) is 73.7 Å². The lowest BCUT2D eigenvalue weighted by atomic mass is 9.85. The number of carbonyl (C=O) groups is 3. The summed E-state index contributed by atoms with van der Waals surface area (Å²) in [6, 6.07) is 20.8. The number of hydrogen-bond donors (Lipinski definition) is 2. The molecule has 224 valence electrons. The van der Waals surface area contributed by atoms with E-state index in [2.05, 4.69) is 10.0 Å². The van der Waals surface area contributed by atoms with Gasteiger partial charge in [0.25, 0.3) is 5.91 Å². The summed E-state index contributed by atoms with van der Waals surface area (Å²) in [4.78, 5) is 44.3. The minimum atomic E-state index is -3.89. The van der Waals surface area contributed by atoms with Gasteiger partial charge in [0.2, 0.25) is 21.8 Å². The Morgan fingerprint density at radius 2 is 1.53 bits per heavy atom. The Balaban J connectivity index is 1.08. The highest BCUT2D eigenvalue weighted by Gasteiger charge is 2.49. The lowest BCUT2D eigenvalue weighted by Crippen LogP contribution is -2.59. The minimum absolute atomic E-state index is 0.102. The maximum atomic E-state index is 13.8. The van der Waals surface area contributed by atoms with Gasteiger partial charge in [-0.3, -0.25) is 14.4 Å². The van der Waals surface area contributed by atoms with Crippen molar-refractivity contribution in [2.45, 2.75) is 50.2 Å². The lowest BCUT2D eigenvalue weighted by Gasteiger charge is -2.39. The molecule has 0 radical (unpaired) electrons. The van der Waals surface area contributed by atoms with Gasteiger partial charge in [-0.2, -0.15) is 0 Å². The normalized spacial score (nSPS) is 19.2. The summed E-state index contributed by atoms with van der Waals surface area (Å²) in [7, 11) is -3.89. The third-order valence-electron chi connectivity index (χ3n) is 8.33.